The van der Waals surface area contributed by atoms with Crippen LogP contribution in [0.5, 0.6) is 5.75 Å². The van der Waals surface area contributed by atoms with Gasteiger partial charge in [0.25, 0.3) is 0 Å². The highest BCUT2D eigenvalue weighted by Crippen LogP contribution is 2.37. The summed E-state index contributed by atoms with van der Waals surface area (Å²) >= 11 is 6.96. The smallest absolute Gasteiger partial charge is 0.147 e. The molecular weight excluding hydrogens is 350 g/mol. The molecule has 2 N–H and O–H groups in total. The fourth-order valence-corrected chi connectivity index (χ4v) is 3.35. The maximum absolute atomic E-state index is 9.22. The molecule has 1 fully saturated rings. The van der Waals surface area contributed by atoms with Crippen LogP contribution in [-0.4, -0.2) is 24.4 Å². The fraction of sp³-hybridized carbons (Fsp3) is 0.500. The van der Waals surface area contributed by atoms with Crippen molar-refractivity contribution in [2.45, 2.75) is 24.9 Å². The van der Waals surface area contributed by atoms with E-state index in [-0.39, 0.29) is 12.1 Å². The van der Waals surface area contributed by atoms with Crippen LogP contribution in [-0.2, 0) is 6.54 Å². The molecule has 0 atom stereocenters. The summed E-state index contributed by atoms with van der Waals surface area (Å²) in [6, 6.07) is 4.06. The number of rotatable bonds is 5. The maximum Gasteiger partial charge on any atom is 0.147 e. The monoisotopic (exact) mass is 363 g/mol. The molecule has 5 heteroatoms. The van der Waals surface area contributed by atoms with Gasteiger partial charge in [-0.1, -0.05) is 0 Å². The van der Waals surface area contributed by atoms with Crippen molar-refractivity contribution in [3.63, 3.8) is 0 Å². The predicted molar refractivity (Wildman–Crippen MR) is 74.3 cm³/mol. The highest BCUT2D eigenvalue weighted by atomic mass is 79.9. The fourth-order valence-electron chi connectivity index (χ4n) is 1.74. The predicted octanol–water partition coefficient (Wildman–Crippen LogP) is 2.83. The summed E-state index contributed by atoms with van der Waals surface area (Å²) in [7, 11) is 1.65. The van der Waals surface area contributed by atoms with Gasteiger partial charge in [0, 0.05) is 12.1 Å². The Morgan fingerprint density at radius 2 is 1.94 bits per heavy atom. The second-order valence-electron chi connectivity index (χ2n) is 4.38. The van der Waals surface area contributed by atoms with Crippen molar-refractivity contribution in [1.82, 2.24) is 5.32 Å². The van der Waals surface area contributed by atoms with Gasteiger partial charge in [-0.2, -0.15) is 0 Å². The summed E-state index contributed by atoms with van der Waals surface area (Å²) in [4.78, 5) is 0. The van der Waals surface area contributed by atoms with Crippen LogP contribution >= 0.6 is 31.9 Å². The topological polar surface area (TPSA) is 41.5 Å². The van der Waals surface area contributed by atoms with Gasteiger partial charge in [-0.05, 0) is 62.4 Å². The molecule has 0 aliphatic heterocycles. The average molecular weight is 365 g/mol. The molecule has 3 nitrogen and oxygen atoms in total. The van der Waals surface area contributed by atoms with Gasteiger partial charge in [0.05, 0.1) is 22.7 Å². The molecule has 94 valence electrons. The van der Waals surface area contributed by atoms with Crippen LogP contribution in [0.4, 0.5) is 0 Å². The number of aliphatic hydroxyl groups is 1. The summed E-state index contributed by atoms with van der Waals surface area (Å²) < 4.78 is 7.12. The molecule has 0 aromatic heterocycles. The molecule has 2 rings (SSSR count). The quantitative estimate of drug-likeness (QED) is 0.844. The Balaban J connectivity index is 2.07. The summed E-state index contributed by atoms with van der Waals surface area (Å²) in [6.07, 6.45) is 2.12. The summed E-state index contributed by atoms with van der Waals surface area (Å²) in [6.45, 7) is 0.966. The van der Waals surface area contributed by atoms with Crippen molar-refractivity contribution in [2.75, 3.05) is 13.7 Å². The van der Waals surface area contributed by atoms with Gasteiger partial charge in [0.15, 0.2) is 0 Å². The SMILES string of the molecule is COc1c(Br)cc(CNC2(CO)CC2)cc1Br. The molecule has 1 aromatic rings. The number of benzene rings is 1. The van der Waals surface area contributed by atoms with Crippen molar-refractivity contribution >= 4 is 31.9 Å². The van der Waals surface area contributed by atoms with Crippen LogP contribution in [0.2, 0.25) is 0 Å². The Morgan fingerprint density at radius 3 is 2.35 bits per heavy atom. The molecule has 0 radical (unpaired) electrons. The number of ether oxygens (including phenoxy) is 1. The van der Waals surface area contributed by atoms with E-state index in [0.29, 0.717) is 0 Å². The summed E-state index contributed by atoms with van der Waals surface area (Å²) in [5.74, 6) is 0.803. The first-order chi connectivity index (χ1) is 8.10. The lowest BCUT2D eigenvalue weighted by molar-refractivity contribution is 0.229. The number of nitrogens with one attached hydrogen (secondary N) is 1. The zero-order valence-electron chi connectivity index (χ0n) is 9.59. The van der Waals surface area contributed by atoms with E-state index in [2.05, 4.69) is 37.2 Å². The molecule has 0 bridgehead atoms. The van der Waals surface area contributed by atoms with Gasteiger partial charge in [0.2, 0.25) is 0 Å². The van der Waals surface area contributed by atoms with Gasteiger partial charge in [0.1, 0.15) is 5.75 Å². The molecule has 17 heavy (non-hydrogen) atoms. The van der Waals surface area contributed by atoms with Gasteiger partial charge in [-0.3, -0.25) is 0 Å². The van der Waals surface area contributed by atoms with Crippen molar-refractivity contribution in [1.29, 1.82) is 0 Å². The van der Waals surface area contributed by atoms with E-state index in [4.69, 9.17) is 4.74 Å². The number of hydrogen-bond donors (Lipinski definition) is 2. The second-order valence-corrected chi connectivity index (χ2v) is 6.09. The first-order valence-corrected chi connectivity index (χ1v) is 7.07. The largest absolute Gasteiger partial charge is 0.494 e. The van der Waals surface area contributed by atoms with Gasteiger partial charge in [-0.15, -0.1) is 0 Å². The second kappa shape index (κ2) is 5.26. The lowest BCUT2D eigenvalue weighted by Crippen LogP contribution is -2.34. The minimum atomic E-state index is -0.0289. The third-order valence-corrected chi connectivity index (χ3v) is 4.26. The van der Waals surface area contributed by atoms with Crippen LogP contribution in [0.1, 0.15) is 18.4 Å². The van der Waals surface area contributed by atoms with Crippen LogP contribution in [0.15, 0.2) is 21.1 Å². The van der Waals surface area contributed by atoms with E-state index in [1.165, 1.54) is 0 Å². The van der Waals surface area contributed by atoms with Crippen molar-refractivity contribution in [3.05, 3.63) is 26.6 Å². The highest BCUT2D eigenvalue weighted by Gasteiger charge is 2.41. The Hall–Kier alpha value is -0.100. The van der Waals surface area contributed by atoms with Crippen molar-refractivity contribution < 1.29 is 9.84 Å². The minimum Gasteiger partial charge on any atom is -0.494 e. The summed E-state index contributed by atoms with van der Waals surface area (Å²) in [5, 5.41) is 12.6. The number of halogens is 2. The van der Waals surface area contributed by atoms with Crippen LogP contribution in [0, 0.1) is 0 Å². The van der Waals surface area contributed by atoms with E-state index in [1.54, 1.807) is 7.11 Å². The molecule has 0 saturated heterocycles. The van der Waals surface area contributed by atoms with Crippen molar-refractivity contribution in [3.8, 4) is 5.75 Å². The Kier molecular flexibility index (Phi) is 4.13. The zero-order chi connectivity index (χ0) is 12.5. The molecule has 1 aromatic carbocycles. The Bertz CT molecular complexity index is 396. The van der Waals surface area contributed by atoms with E-state index in [9.17, 15) is 5.11 Å². The molecule has 0 heterocycles. The Labute approximate surface area is 118 Å². The van der Waals surface area contributed by atoms with E-state index < -0.39 is 0 Å². The lowest BCUT2D eigenvalue weighted by Gasteiger charge is -2.15. The maximum atomic E-state index is 9.22. The van der Waals surface area contributed by atoms with Gasteiger partial charge in [-0.25, -0.2) is 0 Å². The minimum absolute atomic E-state index is 0.0289. The normalized spacial score (nSPS) is 16.9. The van der Waals surface area contributed by atoms with E-state index >= 15 is 0 Å². The van der Waals surface area contributed by atoms with Crippen LogP contribution in [0.25, 0.3) is 0 Å². The first kappa shape index (κ1) is 13.3. The number of hydrogen-bond acceptors (Lipinski definition) is 3. The number of methoxy groups -OCH3 is 1. The van der Waals surface area contributed by atoms with Crippen LogP contribution in [0.3, 0.4) is 0 Å². The standard InChI is InChI=1S/C12H15Br2NO2/c1-17-11-9(13)4-8(5-10(11)14)6-15-12(7-16)2-3-12/h4-5,15-16H,2-3,6-7H2,1H3. The van der Waals surface area contributed by atoms with E-state index in [0.717, 1.165) is 39.6 Å². The van der Waals surface area contributed by atoms with Gasteiger partial charge < -0.3 is 15.2 Å². The zero-order valence-corrected chi connectivity index (χ0v) is 12.8. The third-order valence-electron chi connectivity index (χ3n) is 3.09. The van der Waals surface area contributed by atoms with Crippen LogP contribution < -0.4 is 10.1 Å². The van der Waals surface area contributed by atoms with Crippen molar-refractivity contribution in [2.24, 2.45) is 0 Å². The number of aliphatic hydroxyl groups excluding tert-OH is 1. The molecule has 0 amide bonds. The molecule has 0 spiro atoms. The molecule has 1 aliphatic rings. The highest BCUT2D eigenvalue weighted by molar-refractivity contribution is 9.11. The molecule has 1 aliphatic carbocycles. The Morgan fingerprint density at radius 1 is 1.35 bits per heavy atom. The third kappa shape index (κ3) is 3.02. The van der Waals surface area contributed by atoms with Gasteiger partial charge >= 0.3 is 0 Å². The lowest BCUT2D eigenvalue weighted by atomic mass is 10.2. The summed E-state index contributed by atoms with van der Waals surface area (Å²) in [5.41, 5.74) is 1.13. The van der Waals surface area contributed by atoms with E-state index in [1.807, 2.05) is 12.1 Å². The first-order valence-electron chi connectivity index (χ1n) is 5.48. The average Bonchev–Trinajstić information content (AvgIpc) is 3.07. The molecular formula is C12H15Br2NO2. The molecule has 0 unspecified atom stereocenters. The molecule has 1 saturated carbocycles.